The topological polar surface area (TPSA) is 79.0 Å². The van der Waals surface area contributed by atoms with Crippen molar-refractivity contribution in [2.24, 2.45) is 5.41 Å². The molecule has 5 nitrogen and oxygen atoms in total. The van der Waals surface area contributed by atoms with Crippen molar-refractivity contribution < 1.29 is 9.59 Å². The Hall–Kier alpha value is -1.91. The largest absolute Gasteiger partial charge is 0.352 e. The number of carbonyl (C=O) groups excluding carboxylic acids is 2. The van der Waals surface area contributed by atoms with Gasteiger partial charge in [-0.2, -0.15) is 0 Å². The van der Waals surface area contributed by atoms with E-state index in [-0.39, 0.29) is 16.8 Å². The van der Waals surface area contributed by atoms with Gasteiger partial charge >= 0.3 is 0 Å². The molecular formula is C17H24N2O3. The molecule has 22 heavy (non-hydrogen) atoms. The molecule has 120 valence electrons. The number of amides is 1. The quantitative estimate of drug-likeness (QED) is 0.820. The van der Waals surface area contributed by atoms with Crippen LogP contribution in [-0.2, 0) is 6.42 Å². The normalized spacial score (nSPS) is 16.2. The summed E-state index contributed by atoms with van der Waals surface area (Å²) in [5.41, 5.74) is 0.587. The van der Waals surface area contributed by atoms with Gasteiger partial charge in [-0.1, -0.05) is 33.6 Å². The predicted molar refractivity (Wildman–Crippen MR) is 85.4 cm³/mol. The van der Waals surface area contributed by atoms with E-state index in [0.29, 0.717) is 30.6 Å². The Balaban J connectivity index is 2.22. The van der Waals surface area contributed by atoms with Gasteiger partial charge in [-0.15, -0.1) is 0 Å². The lowest BCUT2D eigenvalue weighted by Gasteiger charge is -2.29. The van der Waals surface area contributed by atoms with Crippen LogP contribution in [0.2, 0.25) is 0 Å². The maximum Gasteiger partial charge on any atom is 0.261 e. The molecule has 0 fully saturated rings. The molecule has 1 aromatic rings. The van der Waals surface area contributed by atoms with Crippen molar-refractivity contribution in [3.8, 4) is 0 Å². The van der Waals surface area contributed by atoms with Crippen LogP contribution < -0.4 is 10.9 Å². The highest BCUT2D eigenvalue weighted by molar-refractivity contribution is 6.02. The first-order valence-corrected chi connectivity index (χ1v) is 7.91. The van der Waals surface area contributed by atoms with Gasteiger partial charge < -0.3 is 10.3 Å². The van der Waals surface area contributed by atoms with E-state index in [4.69, 9.17) is 0 Å². The number of hydrogen-bond donors (Lipinski definition) is 2. The number of aromatic nitrogens is 1. The molecular weight excluding hydrogens is 280 g/mol. The third-order valence-electron chi connectivity index (χ3n) is 4.03. The summed E-state index contributed by atoms with van der Waals surface area (Å²) in [6, 6.07) is 1.46. The standard InChI is InChI=1S/C17H24N2O3/c1-4-5-6-7-18-15(21)12-8-11-13(19-16(12)22)9-17(2,3)10-14(11)20/h8H,4-7,9-10H2,1-3H3,(H,18,21)(H,19,22). The summed E-state index contributed by atoms with van der Waals surface area (Å²) in [6.45, 7) is 6.63. The van der Waals surface area contributed by atoms with E-state index in [1.807, 2.05) is 13.8 Å². The number of rotatable bonds is 5. The fourth-order valence-electron chi connectivity index (χ4n) is 2.87. The van der Waals surface area contributed by atoms with Crippen LogP contribution in [0.15, 0.2) is 10.9 Å². The first-order chi connectivity index (χ1) is 10.3. The molecule has 0 aromatic carbocycles. The van der Waals surface area contributed by atoms with Gasteiger partial charge in [0.15, 0.2) is 5.78 Å². The molecule has 5 heteroatoms. The summed E-state index contributed by atoms with van der Waals surface area (Å²) < 4.78 is 0. The number of nitrogens with one attached hydrogen (secondary N) is 2. The van der Waals surface area contributed by atoms with Crippen LogP contribution in [-0.4, -0.2) is 23.2 Å². The van der Waals surface area contributed by atoms with Crippen LogP contribution in [0.1, 0.15) is 72.9 Å². The molecule has 0 aliphatic heterocycles. The Morgan fingerprint density at radius 2 is 2.00 bits per heavy atom. The van der Waals surface area contributed by atoms with Crippen LogP contribution in [0.3, 0.4) is 0 Å². The molecule has 0 atom stereocenters. The highest BCUT2D eigenvalue weighted by Gasteiger charge is 2.32. The molecule has 0 unspecified atom stereocenters. The minimum absolute atomic E-state index is 0.0115. The molecule has 2 rings (SSSR count). The Morgan fingerprint density at radius 3 is 2.68 bits per heavy atom. The molecule has 1 aliphatic rings. The average Bonchev–Trinajstić information content (AvgIpc) is 2.41. The minimum Gasteiger partial charge on any atom is -0.352 e. The summed E-state index contributed by atoms with van der Waals surface area (Å²) in [6.07, 6.45) is 4.07. The fraction of sp³-hybridized carbons (Fsp3) is 0.588. The lowest BCUT2D eigenvalue weighted by atomic mass is 9.75. The van der Waals surface area contributed by atoms with Gasteiger partial charge in [0.2, 0.25) is 0 Å². The van der Waals surface area contributed by atoms with Crippen LogP contribution >= 0.6 is 0 Å². The molecule has 1 aliphatic carbocycles. The highest BCUT2D eigenvalue weighted by atomic mass is 16.2. The zero-order valence-corrected chi connectivity index (χ0v) is 13.5. The van der Waals surface area contributed by atoms with Crippen molar-refractivity contribution in [2.45, 2.75) is 52.9 Å². The van der Waals surface area contributed by atoms with Gasteiger partial charge in [0.25, 0.3) is 11.5 Å². The van der Waals surface area contributed by atoms with Crippen molar-refractivity contribution >= 4 is 11.7 Å². The Kier molecular flexibility index (Phi) is 4.84. The monoisotopic (exact) mass is 304 g/mol. The first-order valence-electron chi connectivity index (χ1n) is 7.91. The second kappa shape index (κ2) is 6.46. The van der Waals surface area contributed by atoms with Gasteiger partial charge in [-0.05, 0) is 24.3 Å². The van der Waals surface area contributed by atoms with E-state index in [1.54, 1.807) is 0 Å². The number of unbranched alkanes of at least 4 members (excludes halogenated alkanes) is 2. The second-order valence-corrected chi connectivity index (χ2v) is 6.81. The predicted octanol–water partition coefficient (Wildman–Crippen LogP) is 2.45. The van der Waals surface area contributed by atoms with Gasteiger partial charge in [-0.3, -0.25) is 14.4 Å². The summed E-state index contributed by atoms with van der Waals surface area (Å²) in [4.78, 5) is 39.2. The fourth-order valence-corrected chi connectivity index (χ4v) is 2.87. The molecule has 1 amide bonds. The number of ketones is 1. The number of aromatic amines is 1. The number of H-pyrrole nitrogens is 1. The molecule has 0 spiro atoms. The van der Waals surface area contributed by atoms with Gasteiger partial charge in [0.05, 0.1) is 0 Å². The van der Waals surface area contributed by atoms with E-state index in [2.05, 4.69) is 17.2 Å². The molecule has 0 saturated heterocycles. The minimum atomic E-state index is -0.419. The average molecular weight is 304 g/mol. The summed E-state index contributed by atoms with van der Waals surface area (Å²) in [7, 11) is 0. The van der Waals surface area contributed by atoms with Crippen molar-refractivity contribution in [1.82, 2.24) is 10.3 Å². The molecule has 0 bridgehead atoms. The molecule has 1 aromatic heterocycles. The number of pyridine rings is 1. The van der Waals surface area contributed by atoms with Crippen molar-refractivity contribution in [3.63, 3.8) is 0 Å². The number of carbonyl (C=O) groups is 2. The van der Waals surface area contributed by atoms with Crippen molar-refractivity contribution in [2.75, 3.05) is 6.54 Å². The molecule has 1 heterocycles. The van der Waals surface area contributed by atoms with E-state index in [9.17, 15) is 14.4 Å². The smallest absolute Gasteiger partial charge is 0.261 e. The third kappa shape index (κ3) is 3.64. The van der Waals surface area contributed by atoms with Gasteiger partial charge in [0.1, 0.15) is 5.56 Å². The van der Waals surface area contributed by atoms with Crippen LogP contribution in [0.25, 0.3) is 0 Å². The molecule has 2 N–H and O–H groups in total. The Bertz CT molecular complexity index is 644. The zero-order chi connectivity index (χ0) is 16.3. The van der Waals surface area contributed by atoms with Crippen molar-refractivity contribution in [3.05, 3.63) is 33.2 Å². The van der Waals surface area contributed by atoms with Gasteiger partial charge in [0, 0.05) is 24.2 Å². The Morgan fingerprint density at radius 1 is 1.27 bits per heavy atom. The van der Waals surface area contributed by atoms with Crippen LogP contribution in [0.5, 0.6) is 0 Å². The van der Waals surface area contributed by atoms with Crippen LogP contribution in [0, 0.1) is 5.41 Å². The molecule has 0 radical (unpaired) electrons. The number of fused-ring (bicyclic) bond motifs is 1. The van der Waals surface area contributed by atoms with E-state index in [1.165, 1.54) is 6.07 Å². The summed E-state index contributed by atoms with van der Waals surface area (Å²) >= 11 is 0. The maximum absolute atomic E-state index is 12.2. The summed E-state index contributed by atoms with van der Waals surface area (Å²) in [5, 5.41) is 2.74. The second-order valence-electron chi connectivity index (χ2n) is 6.81. The number of hydrogen-bond acceptors (Lipinski definition) is 3. The van der Waals surface area contributed by atoms with Crippen LogP contribution in [0.4, 0.5) is 0 Å². The van der Waals surface area contributed by atoms with Gasteiger partial charge in [-0.25, -0.2) is 0 Å². The zero-order valence-electron chi connectivity index (χ0n) is 13.5. The third-order valence-corrected chi connectivity index (χ3v) is 4.03. The van der Waals surface area contributed by atoms with E-state index < -0.39 is 11.5 Å². The number of Topliss-reactive ketones (excluding diaryl/α,β-unsaturated/α-hetero) is 1. The Labute approximate surface area is 130 Å². The lowest BCUT2D eigenvalue weighted by molar-refractivity contribution is 0.0910. The first kappa shape index (κ1) is 16.5. The lowest BCUT2D eigenvalue weighted by Crippen LogP contribution is -2.35. The SMILES string of the molecule is CCCCCNC(=O)c1cc2c([nH]c1=O)CC(C)(C)CC2=O. The summed E-state index contributed by atoms with van der Waals surface area (Å²) in [5.74, 6) is -0.416. The highest BCUT2D eigenvalue weighted by Crippen LogP contribution is 2.33. The molecule has 0 saturated carbocycles. The van der Waals surface area contributed by atoms with E-state index in [0.717, 1.165) is 19.3 Å². The van der Waals surface area contributed by atoms with E-state index >= 15 is 0 Å². The maximum atomic E-state index is 12.2. The van der Waals surface area contributed by atoms with Crippen molar-refractivity contribution in [1.29, 1.82) is 0 Å².